The van der Waals surface area contributed by atoms with Crippen LogP contribution in [0.4, 0.5) is 0 Å². The molecule has 2 aromatic rings. The fraction of sp³-hybridized carbons (Fsp3) is 0.318. The molecule has 0 N–H and O–H groups in total. The van der Waals surface area contributed by atoms with Crippen LogP contribution in [0.3, 0.4) is 0 Å². The topological polar surface area (TPSA) is 57.7 Å². The third kappa shape index (κ3) is 6.19. The van der Waals surface area contributed by atoms with Crippen LogP contribution in [0.5, 0.6) is 0 Å². The highest BCUT2D eigenvalue weighted by Gasteiger charge is 2.20. The lowest BCUT2D eigenvalue weighted by molar-refractivity contribution is -0.125. The van der Waals surface area contributed by atoms with Gasteiger partial charge in [0.05, 0.1) is 4.90 Å². The van der Waals surface area contributed by atoms with Gasteiger partial charge in [-0.05, 0) is 47.7 Å². The summed E-state index contributed by atoms with van der Waals surface area (Å²) in [6, 6.07) is 14.7. The van der Waals surface area contributed by atoms with Crippen molar-refractivity contribution in [3.8, 4) is 0 Å². The molecule has 0 saturated heterocycles. The first-order chi connectivity index (χ1) is 13.8. The van der Waals surface area contributed by atoms with E-state index >= 15 is 0 Å². The van der Waals surface area contributed by atoms with E-state index in [9.17, 15) is 13.2 Å². The Kier molecular flexibility index (Phi) is 8.49. The van der Waals surface area contributed by atoms with E-state index in [-0.39, 0.29) is 10.8 Å². The van der Waals surface area contributed by atoms with E-state index in [2.05, 4.69) is 0 Å². The Labute approximate surface area is 178 Å². The van der Waals surface area contributed by atoms with Crippen LogP contribution in [0.1, 0.15) is 25.0 Å². The molecule has 0 atom stereocenters. The molecular formula is C22H28N2O3S2. The Balaban J connectivity index is 2.02. The lowest BCUT2D eigenvalue weighted by Gasteiger charge is -2.18. The van der Waals surface area contributed by atoms with Gasteiger partial charge in [-0.25, -0.2) is 8.42 Å². The second-order valence-electron chi connectivity index (χ2n) is 6.53. The number of benzene rings is 2. The molecule has 5 nitrogen and oxygen atoms in total. The lowest BCUT2D eigenvalue weighted by Crippen LogP contribution is -2.30. The van der Waals surface area contributed by atoms with Crippen molar-refractivity contribution >= 4 is 33.8 Å². The molecule has 1 amide bonds. The third-order valence-corrected chi connectivity index (χ3v) is 7.40. The zero-order valence-electron chi connectivity index (χ0n) is 17.3. The molecule has 0 saturated carbocycles. The van der Waals surface area contributed by atoms with Gasteiger partial charge in [0.25, 0.3) is 0 Å². The molecule has 0 aliphatic heterocycles. The molecule has 0 aliphatic rings. The quantitative estimate of drug-likeness (QED) is 0.442. The summed E-state index contributed by atoms with van der Waals surface area (Å²) in [5.41, 5.74) is 1.84. The molecule has 0 spiro atoms. The molecule has 0 aromatic heterocycles. The van der Waals surface area contributed by atoms with Crippen molar-refractivity contribution in [2.75, 3.05) is 26.4 Å². The summed E-state index contributed by atoms with van der Waals surface area (Å²) < 4.78 is 26.5. The molecule has 156 valence electrons. The predicted octanol–water partition coefficient (Wildman–Crippen LogP) is 4.11. The average Bonchev–Trinajstić information content (AvgIpc) is 2.73. The van der Waals surface area contributed by atoms with Gasteiger partial charge in [-0.15, -0.1) is 11.8 Å². The Hall–Kier alpha value is -2.09. The van der Waals surface area contributed by atoms with Gasteiger partial charge in [-0.1, -0.05) is 38.1 Å². The smallest absolute Gasteiger partial charge is 0.246 e. The Bertz CT molecular complexity index is 933. The molecule has 0 heterocycles. The minimum absolute atomic E-state index is 0.112. The Morgan fingerprint density at radius 2 is 1.59 bits per heavy atom. The summed E-state index contributed by atoms with van der Waals surface area (Å²) in [5.74, 6) is -0.112. The number of likely N-dealkylation sites (N-methyl/N-ethyl adjacent to an activating group) is 1. The number of hydrogen-bond acceptors (Lipinski definition) is 4. The van der Waals surface area contributed by atoms with E-state index in [0.717, 1.165) is 11.1 Å². The maximum Gasteiger partial charge on any atom is 0.246 e. The van der Waals surface area contributed by atoms with Crippen molar-refractivity contribution in [3.63, 3.8) is 0 Å². The van der Waals surface area contributed by atoms with E-state index in [1.807, 2.05) is 44.4 Å². The van der Waals surface area contributed by atoms with Crippen molar-refractivity contribution in [1.29, 1.82) is 0 Å². The van der Waals surface area contributed by atoms with Gasteiger partial charge in [-0.3, -0.25) is 4.79 Å². The fourth-order valence-electron chi connectivity index (χ4n) is 2.84. The molecule has 7 heteroatoms. The number of hydrogen-bond donors (Lipinski definition) is 0. The summed E-state index contributed by atoms with van der Waals surface area (Å²) in [7, 11) is -1.71. The second kappa shape index (κ2) is 10.6. The molecule has 29 heavy (non-hydrogen) atoms. The van der Waals surface area contributed by atoms with Crippen LogP contribution in [0, 0.1) is 0 Å². The van der Waals surface area contributed by atoms with Gasteiger partial charge in [0, 0.05) is 37.7 Å². The molecule has 0 fully saturated rings. The molecule has 2 rings (SSSR count). The van der Waals surface area contributed by atoms with Gasteiger partial charge < -0.3 is 4.90 Å². The monoisotopic (exact) mass is 432 g/mol. The molecule has 0 bridgehead atoms. The first kappa shape index (κ1) is 23.2. The van der Waals surface area contributed by atoms with E-state index in [4.69, 9.17) is 0 Å². The minimum Gasteiger partial charge on any atom is -0.338 e. The zero-order chi connectivity index (χ0) is 21.4. The van der Waals surface area contributed by atoms with Crippen molar-refractivity contribution < 1.29 is 13.2 Å². The van der Waals surface area contributed by atoms with Crippen molar-refractivity contribution in [2.24, 2.45) is 0 Å². The van der Waals surface area contributed by atoms with E-state index in [1.165, 1.54) is 15.3 Å². The summed E-state index contributed by atoms with van der Waals surface area (Å²) in [5, 5.41) is 0. The van der Waals surface area contributed by atoms with Crippen LogP contribution in [-0.2, 0) is 21.4 Å². The summed E-state index contributed by atoms with van der Waals surface area (Å²) in [4.78, 5) is 15.5. The molecule has 0 unspecified atom stereocenters. The molecule has 0 radical (unpaired) electrons. The maximum atomic E-state index is 12.5. The number of amides is 1. The van der Waals surface area contributed by atoms with Crippen LogP contribution in [-0.4, -0.2) is 49.9 Å². The second-order valence-corrected chi connectivity index (χ2v) is 9.35. The fourth-order valence-corrected chi connectivity index (χ4v) is 4.71. The first-order valence-electron chi connectivity index (χ1n) is 9.48. The Morgan fingerprint density at radius 3 is 2.10 bits per heavy atom. The largest absolute Gasteiger partial charge is 0.338 e. The lowest BCUT2D eigenvalue weighted by atomic mass is 10.2. The number of carbonyl (C=O) groups excluding carboxylic acids is 1. The number of thioether (sulfide) groups is 1. The van der Waals surface area contributed by atoms with Gasteiger partial charge in [0.15, 0.2) is 0 Å². The molecule has 0 aliphatic carbocycles. The predicted molar refractivity (Wildman–Crippen MR) is 120 cm³/mol. The highest BCUT2D eigenvalue weighted by molar-refractivity contribution is 7.98. The molecular weight excluding hydrogens is 404 g/mol. The van der Waals surface area contributed by atoms with Gasteiger partial charge >= 0.3 is 0 Å². The van der Waals surface area contributed by atoms with Crippen LogP contribution in [0.25, 0.3) is 6.08 Å². The number of nitrogens with zero attached hydrogens (tertiary/aromatic N) is 2. The molecule has 2 aromatic carbocycles. The van der Waals surface area contributed by atoms with Gasteiger partial charge in [0.2, 0.25) is 15.9 Å². The highest BCUT2D eigenvalue weighted by atomic mass is 32.2. The zero-order valence-corrected chi connectivity index (χ0v) is 19.0. The van der Waals surface area contributed by atoms with Crippen molar-refractivity contribution in [2.45, 2.75) is 30.2 Å². The van der Waals surface area contributed by atoms with Crippen molar-refractivity contribution in [3.05, 3.63) is 65.7 Å². The maximum absolute atomic E-state index is 12.5. The normalized spacial score (nSPS) is 11.9. The van der Waals surface area contributed by atoms with E-state index in [1.54, 1.807) is 54.1 Å². The van der Waals surface area contributed by atoms with E-state index in [0.29, 0.717) is 19.6 Å². The van der Waals surface area contributed by atoms with Crippen LogP contribution in [0.15, 0.2) is 64.4 Å². The third-order valence-electron chi connectivity index (χ3n) is 4.60. The highest BCUT2D eigenvalue weighted by Crippen LogP contribution is 2.17. The van der Waals surface area contributed by atoms with Gasteiger partial charge in [-0.2, -0.15) is 4.31 Å². The van der Waals surface area contributed by atoms with Crippen LogP contribution in [0.2, 0.25) is 0 Å². The minimum atomic E-state index is -3.47. The Morgan fingerprint density at radius 1 is 1.00 bits per heavy atom. The average molecular weight is 433 g/mol. The first-order valence-corrected chi connectivity index (χ1v) is 12.1. The van der Waals surface area contributed by atoms with Crippen LogP contribution < -0.4 is 0 Å². The number of rotatable bonds is 9. The summed E-state index contributed by atoms with van der Waals surface area (Å²) in [6.45, 7) is 5.02. The van der Waals surface area contributed by atoms with E-state index < -0.39 is 10.0 Å². The van der Waals surface area contributed by atoms with Gasteiger partial charge in [0.1, 0.15) is 0 Å². The summed E-state index contributed by atoms with van der Waals surface area (Å²) >= 11 is 1.68. The van der Waals surface area contributed by atoms with Crippen LogP contribution >= 0.6 is 11.8 Å². The number of sulfonamides is 1. The van der Waals surface area contributed by atoms with Crippen molar-refractivity contribution in [1.82, 2.24) is 9.21 Å². The summed E-state index contributed by atoms with van der Waals surface area (Å²) in [6.07, 6.45) is 5.23. The standard InChI is InChI=1S/C22H28N2O3S2/c1-5-24(6-2)29(26,27)21-14-9-18(10-15-21)11-16-22(25)23(3)17-19-7-12-20(28-4)13-8-19/h7-16H,5-6,17H2,1-4H3/b16-11+. The SMILES string of the molecule is CCN(CC)S(=O)(=O)c1ccc(/C=C/C(=O)N(C)Cc2ccc(SC)cc2)cc1. The number of carbonyl (C=O) groups is 1.